The van der Waals surface area contributed by atoms with E-state index in [2.05, 4.69) is 10.4 Å². The molecule has 0 aliphatic rings. The fourth-order valence-corrected chi connectivity index (χ4v) is 3.70. The molecule has 0 saturated heterocycles. The number of nitrogens with one attached hydrogen (secondary N) is 1. The summed E-state index contributed by atoms with van der Waals surface area (Å²) in [5.41, 5.74) is -0.466. The smallest absolute Gasteiger partial charge is 0.321 e. The Kier molecular flexibility index (Phi) is 7.64. The van der Waals surface area contributed by atoms with E-state index in [9.17, 15) is 32.0 Å². The zero-order valence-corrected chi connectivity index (χ0v) is 18.8. The molecule has 12 heteroatoms. The Morgan fingerprint density at radius 1 is 1.24 bits per heavy atom. The Morgan fingerprint density at radius 2 is 1.91 bits per heavy atom. The average Bonchev–Trinajstić information content (AvgIpc) is 3.05. The maximum absolute atomic E-state index is 13.0. The molecule has 0 aliphatic heterocycles. The fourth-order valence-electron chi connectivity index (χ4n) is 2.87. The summed E-state index contributed by atoms with van der Waals surface area (Å²) in [6, 6.07) is 11.7. The van der Waals surface area contributed by atoms with Crippen LogP contribution in [-0.4, -0.2) is 21.4 Å². The number of hydrogen-bond donors (Lipinski definition) is 1. The van der Waals surface area contributed by atoms with Gasteiger partial charge in [0.1, 0.15) is 16.8 Å². The van der Waals surface area contributed by atoms with Crippen molar-refractivity contribution in [1.82, 2.24) is 9.78 Å². The summed E-state index contributed by atoms with van der Waals surface area (Å²) < 4.78 is 65.0. The number of anilines is 1. The van der Waals surface area contributed by atoms with Crippen molar-refractivity contribution in [3.63, 3.8) is 0 Å². The van der Waals surface area contributed by atoms with Crippen LogP contribution in [0.2, 0.25) is 5.15 Å². The van der Waals surface area contributed by atoms with E-state index in [4.69, 9.17) is 11.6 Å². The van der Waals surface area contributed by atoms with Gasteiger partial charge in [0.05, 0.1) is 16.9 Å². The van der Waals surface area contributed by atoms with E-state index in [0.717, 1.165) is 16.8 Å². The van der Waals surface area contributed by atoms with Crippen LogP contribution in [0.15, 0.2) is 59.0 Å². The minimum absolute atomic E-state index is 0.0484. The third-order valence-electron chi connectivity index (χ3n) is 4.46. The van der Waals surface area contributed by atoms with Gasteiger partial charge < -0.3 is 5.32 Å². The van der Waals surface area contributed by atoms with Gasteiger partial charge in [0, 0.05) is 16.1 Å². The van der Waals surface area contributed by atoms with Gasteiger partial charge in [-0.15, -0.1) is 0 Å². The van der Waals surface area contributed by atoms with Crippen LogP contribution in [0.25, 0.3) is 11.8 Å². The average molecular weight is 513 g/mol. The molecule has 0 saturated carbocycles. The summed E-state index contributed by atoms with van der Waals surface area (Å²) in [6.45, 7) is 1.52. The Bertz CT molecular complexity index is 1280. The number of benzene rings is 2. The molecule has 0 aliphatic carbocycles. The quantitative estimate of drug-likeness (QED) is 0.172. The van der Waals surface area contributed by atoms with Gasteiger partial charge in [-0.05, 0) is 55.5 Å². The first kappa shape index (κ1) is 25.3. The molecule has 1 N–H and O–H groups in total. The van der Waals surface area contributed by atoms with Crippen LogP contribution in [0, 0.1) is 18.3 Å². The standard InChI is InChI=1S/C22H14ClF5N4OS/c1-12-18(19(23)32(31-12)16-4-2-3-14(10-16)22(26,27)28)9-13(11-29)20(33)30-15-5-7-17(8-6-15)34-21(24)25/h2-10,21H,1H3,(H,30,33). The molecule has 1 amide bonds. The lowest BCUT2D eigenvalue weighted by Gasteiger charge is -2.09. The molecule has 5 nitrogen and oxygen atoms in total. The number of aromatic nitrogens is 2. The maximum Gasteiger partial charge on any atom is 0.416 e. The molecule has 1 aromatic heterocycles. The van der Waals surface area contributed by atoms with Crippen LogP contribution in [0.4, 0.5) is 27.6 Å². The van der Waals surface area contributed by atoms with Crippen molar-refractivity contribution >= 4 is 41.0 Å². The van der Waals surface area contributed by atoms with Gasteiger partial charge in [-0.3, -0.25) is 4.79 Å². The van der Waals surface area contributed by atoms with Crippen LogP contribution in [0.5, 0.6) is 0 Å². The Balaban J connectivity index is 1.87. The van der Waals surface area contributed by atoms with Crippen molar-refractivity contribution in [3.8, 4) is 11.8 Å². The van der Waals surface area contributed by atoms with Crippen LogP contribution >= 0.6 is 23.4 Å². The molecule has 3 aromatic rings. The molecule has 0 spiro atoms. The molecule has 3 rings (SSSR count). The van der Waals surface area contributed by atoms with Crippen LogP contribution in [0.1, 0.15) is 16.8 Å². The van der Waals surface area contributed by atoms with E-state index in [1.54, 1.807) is 6.07 Å². The lowest BCUT2D eigenvalue weighted by atomic mass is 10.1. The van der Waals surface area contributed by atoms with Crippen molar-refractivity contribution in [3.05, 3.63) is 76.1 Å². The predicted molar refractivity (Wildman–Crippen MR) is 119 cm³/mol. The molecule has 0 atom stereocenters. The highest BCUT2D eigenvalue weighted by molar-refractivity contribution is 7.99. The zero-order chi connectivity index (χ0) is 25.0. The second kappa shape index (κ2) is 10.3. The van der Waals surface area contributed by atoms with Crippen LogP contribution in [0.3, 0.4) is 0 Å². The minimum atomic E-state index is -4.56. The second-order valence-electron chi connectivity index (χ2n) is 6.78. The summed E-state index contributed by atoms with van der Waals surface area (Å²) in [5.74, 6) is -3.38. The number of nitriles is 1. The third kappa shape index (κ3) is 5.95. The maximum atomic E-state index is 13.0. The number of aryl methyl sites for hydroxylation is 1. The number of carbonyl (C=O) groups is 1. The normalized spacial score (nSPS) is 12.0. The molecular weight excluding hydrogens is 499 g/mol. The van der Waals surface area contributed by atoms with E-state index in [1.165, 1.54) is 49.4 Å². The van der Waals surface area contributed by atoms with E-state index in [0.29, 0.717) is 16.7 Å². The van der Waals surface area contributed by atoms with Gasteiger partial charge in [-0.1, -0.05) is 29.4 Å². The van der Waals surface area contributed by atoms with Gasteiger partial charge in [-0.25, -0.2) is 4.68 Å². The highest BCUT2D eigenvalue weighted by Gasteiger charge is 2.31. The number of nitrogens with zero attached hydrogens (tertiary/aromatic N) is 3. The molecule has 0 fully saturated rings. The SMILES string of the molecule is Cc1nn(-c2cccc(C(F)(F)F)c2)c(Cl)c1C=C(C#N)C(=O)Nc1ccc(SC(F)F)cc1. The summed E-state index contributed by atoms with van der Waals surface area (Å²) in [4.78, 5) is 12.8. The number of carbonyl (C=O) groups excluding carboxylic acids is 1. The number of thioether (sulfide) groups is 1. The van der Waals surface area contributed by atoms with E-state index >= 15 is 0 Å². The van der Waals surface area contributed by atoms with Crippen molar-refractivity contribution in [1.29, 1.82) is 5.26 Å². The molecule has 0 unspecified atom stereocenters. The van der Waals surface area contributed by atoms with Gasteiger partial charge in [0.15, 0.2) is 0 Å². The van der Waals surface area contributed by atoms with Crippen molar-refractivity contribution in [2.24, 2.45) is 0 Å². The predicted octanol–water partition coefficient (Wildman–Crippen LogP) is 6.71. The number of hydrogen-bond acceptors (Lipinski definition) is 4. The molecule has 1 heterocycles. The summed E-state index contributed by atoms with van der Waals surface area (Å²) in [6.07, 6.45) is -3.39. The van der Waals surface area contributed by atoms with Crippen molar-refractivity contribution < 1.29 is 26.7 Å². The molecule has 0 radical (unpaired) electrons. The van der Waals surface area contributed by atoms with E-state index < -0.39 is 23.4 Å². The molecule has 0 bridgehead atoms. The summed E-state index contributed by atoms with van der Waals surface area (Å²) >= 11 is 6.67. The third-order valence-corrected chi connectivity index (χ3v) is 5.54. The number of halogens is 6. The van der Waals surface area contributed by atoms with Gasteiger partial charge in [0.2, 0.25) is 0 Å². The lowest BCUT2D eigenvalue weighted by Crippen LogP contribution is -2.13. The van der Waals surface area contributed by atoms with Gasteiger partial charge in [0.25, 0.3) is 11.7 Å². The van der Waals surface area contributed by atoms with E-state index in [1.807, 2.05) is 0 Å². The fraction of sp³-hybridized carbons (Fsp3) is 0.136. The number of rotatable bonds is 6. The highest BCUT2D eigenvalue weighted by atomic mass is 35.5. The molecule has 34 heavy (non-hydrogen) atoms. The second-order valence-corrected chi connectivity index (χ2v) is 8.20. The monoisotopic (exact) mass is 512 g/mol. The highest BCUT2D eigenvalue weighted by Crippen LogP contribution is 2.32. The number of amides is 1. The van der Waals surface area contributed by atoms with Gasteiger partial charge in [-0.2, -0.15) is 32.3 Å². The first-order valence-electron chi connectivity index (χ1n) is 9.40. The van der Waals surface area contributed by atoms with Crippen LogP contribution in [-0.2, 0) is 11.0 Å². The summed E-state index contributed by atoms with van der Waals surface area (Å²) in [7, 11) is 0. The topological polar surface area (TPSA) is 70.7 Å². The van der Waals surface area contributed by atoms with Crippen molar-refractivity contribution in [2.75, 3.05) is 5.32 Å². The number of alkyl halides is 5. The largest absolute Gasteiger partial charge is 0.416 e. The van der Waals surface area contributed by atoms with Gasteiger partial charge >= 0.3 is 6.18 Å². The minimum Gasteiger partial charge on any atom is -0.321 e. The van der Waals surface area contributed by atoms with Crippen molar-refractivity contribution in [2.45, 2.75) is 23.8 Å². The Morgan fingerprint density at radius 3 is 2.50 bits per heavy atom. The lowest BCUT2D eigenvalue weighted by molar-refractivity contribution is -0.137. The Labute approximate surface area is 199 Å². The first-order valence-corrected chi connectivity index (χ1v) is 10.7. The molecular formula is C22H14ClF5N4OS. The molecule has 2 aromatic carbocycles. The first-order chi connectivity index (χ1) is 16.0. The Hall–Kier alpha value is -3.36. The van der Waals surface area contributed by atoms with E-state index in [-0.39, 0.29) is 33.4 Å². The van der Waals surface area contributed by atoms with Crippen LogP contribution < -0.4 is 5.32 Å². The zero-order valence-electron chi connectivity index (χ0n) is 17.2. The molecule has 176 valence electrons. The summed E-state index contributed by atoms with van der Waals surface area (Å²) in [5, 5.41) is 16.0.